The van der Waals surface area contributed by atoms with E-state index in [9.17, 15) is 4.79 Å². The number of aromatic nitrogens is 3. The molecule has 4 heterocycles. The van der Waals surface area contributed by atoms with Crippen LogP contribution >= 0.6 is 0 Å². The van der Waals surface area contributed by atoms with E-state index in [-0.39, 0.29) is 5.91 Å². The number of aryl methyl sites for hydroxylation is 1. The smallest absolute Gasteiger partial charge is 0.276 e. The van der Waals surface area contributed by atoms with Crippen molar-refractivity contribution in [3.8, 4) is 0 Å². The largest absolute Gasteiger partial charge is 0.378 e. The Hall–Kier alpha value is -2.48. The summed E-state index contributed by atoms with van der Waals surface area (Å²) >= 11 is 0. The van der Waals surface area contributed by atoms with Crippen LogP contribution in [0.15, 0.2) is 16.9 Å². The normalized spacial score (nSPS) is 18.0. The van der Waals surface area contributed by atoms with Gasteiger partial charge in [0, 0.05) is 44.2 Å². The van der Waals surface area contributed by atoms with Crippen molar-refractivity contribution in [1.29, 1.82) is 0 Å². The Morgan fingerprint density at radius 3 is 2.68 bits per heavy atom. The third-order valence-electron chi connectivity index (χ3n) is 4.71. The summed E-state index contributed by atoms with van der Waals surface area (Å²) < 4.78 is 10.5. The van der Waals surface area contributed by atoms with E-state index in [0.717, 1.165) is 56.2 Å². The highest BCUT2D eigenvalue weighted by molar-refractivity contribution is 5.92. The summed E-state index contributed by atoms with van der Waals surface area (Å²) in [4.78, 5) is 25.7. The summed E-state index contributed by atoms with van der Waals surface area (Å²) in [6, 6.07) is 1.68. The molecule has 0 aliphatic carbocycles. The Labute approximate surface area is 145 Å². The molecule has 2 aliphatic heterocycles. The molecule has 0 unspecified atom stereocenters. The van der Waals surface area contributed by atoms with E-state index in [1.807, 2.05) is 4.90 Å². The van der Waals surface area contributed by atoms with Gasteiger partial charge in [-0.1, -0.05) is 5.16 Å². The fraction of sp³-hybridized carbons (Fsp3) is 0.529. The Morgan fingerprint density at radius 1 is 1.12 bits per heavy atom. The fourth-order valence-electron chi connectivity index (χ4n) is 3.39. The van der Waals surface area contributed by atoms with Crippen molar-refractivity contribution in [3.05, 3.63) is 35.1 Å². The van der Waals surface area contributed by atoms with Crippen LogP contribution in [-0.2, 0) is 17.6 Å². The predicted octanol–water partition coefficient (Wildman–Crippen LogP) is 0.851. The maximum atomic E-state index is 12.6. The van der Waals surface area contributed by atoms with E-state index in [1.54, 1.807) is 19.3 Å². The van der Waals surface area contributed by atoms with Gasteiger partial charge in [0.1, 0.15) is 17.9 Å². The number of anilines is 1. The number of carbonyl (C=O) groups excluding carboxylic acids is 1. The van der Waals surface area contributed by atoms with Crippen molar-refractivity contribution >= 4 is 11.7 Å². The van der Waals surface area contributed by atoms with Crippen LogP contribution in [0, 0.1) is 6.92 Å². The van der Waals surface area contributed by atoms with E-state index < -0.39 is 0 Å². The van der Waals surface area contributed by atoms with E-state index in [0.29, 0.717) is 24.5 Å². The minimum absolute atomic E-state index is 0.0921. The molecule has 2 aromatic rings. The molecule has 8 nitrogen and oxygen atoms in total. The summed E-state index contributed by atoms with van der Waals surface area (Å²) in [6.45, 7) is 6.14. The van der Waals surface area contributed by atoms with Gasteiger partial charge in [-0.15, -0.1) is 0 Å². The van der Waals surface area contributed by atoms with E-state index in [2.05, 4.69) is 20.0 Å². The first-order chi connectivity index (χ1) is 12.2. The number of fused-ring (bicyclic) bond motifs is 1. The average molecular weight is 343 g/mol. The Morgan fingerprint density at radius 2 is 1.92 bits per heavy atom. The van der Waals surface area contributed by atoms with Crippen LogP contribution in [0.1, 0.15) is 27.5 Å². The number of carbonyl (C=O) groups is 1. The zero-order valence-corrected chi connectivity index (χ0v) is 14.3. The fourth-order valence-corrected chi connectivity index (χ4v) is 3.39. The molecule has 0 atom stereocenters. The third-order valence-corrected chi connectivity index (χ3v) is 4.71. The molecule has 0 N–H and O–H groups in total. The molecule has 8 heteroatoms. The second-order valence-corrected chi connectivity index (χ2v) is 6.34. The van der Waals surface area contributed by atoms with Crippen molar-refractivity contribution < 1.29 is 14.1 Å². The zero-order valence-electron chi connectivity index (χ0n) is 14.3. The first-order valence-corrected chi connectivity index (χ1v) is 8.60. The van der Waals surface area contributed by atoms with Crippen LogP contribution in [0.4, 0.5) is 5.82 Å². The lowest BCUT2D eigenvalue weighted by Crippen LogP contribution is -2.37. The summed E-state index contributed by atoms with van der Waals surface area (Å²) in [7, 11) is 0. The first kappa shape index (κ1) is 16.0. The predicted molar refractivity (Wildman–Crippen MR) is 89.6 cm³/mol. The Kier molecular flexibility index (Phi) is 4.35. The highest BCUT2D eigenvalue weighted by Gasteiger charge is 2.26. The van der Waals surface area contributed by atoms with Gasteiger partial charge in [-0.25, -0.2) is 9.97 Å². The number of ether oxygens (including phenoxy) is 1. The molecule has 0 radical (unpaired) electrons. The van der Waals surface area contributed by atoms with Crippen LogP contribution in [0.25, 0.3) is 0 Å². The Balaban J connectivity index is 1.54. The number of hydrogen-bond donors (Lipinski definition) is 0. The summed E-state index contributed by atoms with van der Waals surface area (Å²) in [5.74, 6) is 1.53. The van der Waals surface area contributed by atoms with Gasteiger partial charge in [0.25, 0.3) is 5.91 Å². The lowest BCUT2D eigenvalue weighted by atomic mass is 10.1. The van der Waals surface area contributed by atoms with E-state index in [1.165, 1.54) is 0 Å². The molecule has 0 aromatic carbocycles. The van der Waals surface area contributed by atoms with Crippen LogP contribution in [-0.4, -0.2) is 65.3 Å². The van der Waals surface area contributed by atoms with Gasteiger partial charge < -0.3 is 19.1 Å². The molecule has 1 saturated heterocycles. The number of amides is 1. The molecule has 25 heavy (non-hydrogen) atoms. The summed E-state index contributed by atoms with van der Waals surface area (Å²) in [5.41, 5.74) is 2.54. The van der Waals surface area contributed by atoms with Gasteiger partial charge in [0.15, 0.2) is 5.69 Å². The summed E-state index contributed by atoms with van der Waals surface area (Å²) in [6.07, 6.45) is 3.09. The molecular weight excluding hydrogens is 322 g/mol. The molecule has 2 aromatic heterocycles. The molecule has 1 amide bonds. The molecule has 132 valence electrons. The minimum atomic E-state index is -0.0921. The minimum Gasteiger partial charge on any atom is -0.378 e. The first-order valence-electron chi connectivity index (χ1n) is 8.60. The maximum absolute atomic E-state index is 12.6. The zero-order chi connectivity index (χ0) is 17.2. The summed E-state index contributed by atoms with van der Waals surface area (Å²) in [5, 5.41) is 3.85. The van der Waals surface area contributed by atoms with Gasteiger partial charge >= 0.3 is 0 Å². The number of rotatable bonds is 2. The molecule has 0 saturated carbocycles. The van der Waals surface area contributed by atoms with Crippen LogP contribution in [0.5, 0.6) is 0 Å². The van der Waals surface area contributed by atoms with Crippen LogP contribution < -0.4 is 4.90 Å². The van der Waals surface area contributed by atoms with Crippen molar-refractivity contribution in [1.82, 2.24) is 20.0 Å². The average Bonchev–Trinajstić information content (AvgIpc) is 2.96. The molecule has 4 rings (SSSR count). The number of nitrogens with zero attached hydrogens (tertiary/aromatic N) is 5. The van der Waals surface area contributed by atoms with Gasteiger partial charge in [-0.2, -0.15) is 0 Å². The van der Waals surface area contributed by atoms with Gasteiger partial charge in [0.05, 0.1) is 18.9 Å². The van der Waals surface area contributed by atoms with Crippen molar-refractivity contribution in [2.24, 2.45) is 0 Å². The van der Waals surface area contributed by atoms with E-state index >= 15 is 0 Å². The molecule has 0 spiro atoms. The standard InChI is InChI=1S/C17H21N5O3/c1-12-10-15(20-25-12)17(23)22-4-2-13-14(3-5-22)18-11-19-16(13)21-6-8-24-9-7-21/h10-11H,2-9H2,1H3. The van der Waals surface area contributed by atoms with Crippen molar-refractivity contribution in [2.45, 2.75) is 19.8 Å². The molecule has 2 aliphatic rings. The SMILES string of the molecule is Cc1cc(C(=O)N2CCc3ncnc(N4CCOCC4)c3CC2)no1. The second-order valence-electron chi connectivity index (χ2n) is 6.34. The van der Waals surface area contributed by atoms with Crippen molar-refractivity contribution in [2.75, 3.05) is 44.3 Å². The van der Waals surface area contributed by atoms with Gasteiger partial charge in [-0.3, -0.25) is 4.79 Å². The maximum Gasteiger partial charge on any atom is 0.276 e. The highest BCUT2D eigenvalue weighted by atomic mass is 16.5. The van der Waals surface area contributed by atoms with Crippen LogP contribution in [0.3, 0.4) is 0 Å². The van der Waals surface area contributed by atoms with Gasteiger partial charge in [0.2, 0.25) is 0 Å². The quantitative estimate of drug-likeness (QED) is 0.799. The third kappa shape index (κ3) is 3.21. The Bertz CT molecular complexity index is 769. The molecular formula is C17H21N5O3. The van der Waals surface area contributed by atoms with Crippen LogP contribution in [0.2, 0.25) is 0 Å². The molecule has 1 fully saturated rings. The van der Waals surface area contributed by atoms with Gasteiger partial charge in [-0.05, 0) is 13.3 Å². The number of hydrogen-bond acceptors (Lipinski definition) is 7. The lowest BCUT2D eigenvalue weighted by molar-refractivity contribution is 0.0752. The topological polar surface area (TPSA) is 84.6 Å². The van der Waals surface area contributed by atoms with E-state index in [4.69, 9.17) is 9.26 Å². The molecule has 0 bridgehead atoms. The van der Waals surface area contributed by atoms with Crippen molar-refractivity contribution in [3.63, 3.8) is 0 Å². The lowest BCUT2D eigenvalue weighted by Gasteiger charge is -2.29. The second kappa shape index (κ2) is 6.79. The number of morpholine rings is 1. The monoisotopic (exact) mass is 343 g/mol. The highest BCUT2D eigenvalue weighted by Crippen LogP contribution is 2.25.